The first kappa shape index (κ1) is 31.3. The Kier molecular flexibility index (Phi) is 12.5. The summed E-state index contributed by atoms with van der Waals surface area (Å²) in [6.45, 7) is 9.10. The number of ether oxygens (including phenoxy) is 3. The zero-order valence-electron chi connectivity index (χ0n) is 23.4. The molecule has 0 spiro atoms. The number of alkyl carbamates (subject to hydrolysis) is 1. The molecule has 212 valence electrons. The molecule has 0 aliphatic rings. The van der Waals surface area contributed by atoms with Crippen LogP contribution in [0.3, 0.4) is 0 Å². The molecule has 9 nitrogen and oxygen atoms in total. The molecule has 0 unspecified atom stereocenters. The maximum Gasteiger partial charge on any atom is 0.408 e. The van der Waals surface area contributed by atoms with Gasteiger partial charge < -0.3 is 24.8 Å². The zero-order valence-corrected chi connectivity index (χ0v) is 23.4. The number of nitrogens with one attached hydrogen (secondary N) is 2. The van der Waals surface area contributed by atoms with E-state index in [0.717, 1.165) is 11.1 Å². The van der Waals surface area contributed by atoms with Crippen LogP contribution >= 0.6 is 0 Å². The lowest BCUT2D eigenvalue weighted by molar-refractivity contribution is -0.150. The monoisotopic (exact) mass is 540 g/mol. The topological polar surface area (TPSA) is 120 Å². The summed E-state index contributed by atoms with van der Waals surface area (Å²) < 4.78 is 16.0. The van der Waals surface area contributed by atoms with Gasteiger partial charge in [0.15, 0.2) is 0 Å². The molecule has 0 aliphatic carbocycles. The molecule has 2 N–H and O–H groups in total. The second kappa shape index (κ2) is 15.5. The molecule has 0 bridgehead atoms. The highest BCUT2D eigenvalue weighted by Gasteiger charge is 2.30. The van der Waals surface area contributed by atoms with E-state index in [1.165, 1.54) is 0 Å². The number of hydrogen-bond acceptors (Lipinski definition) is 7. The van der Waals surface area contributed by atoms with Crippen molar-refractivity contribution in [3.8, 4) is 0 Å². The summed E-state index contributed by atoms with van der Waals surface area (Å²) in [6.07, 6.45) is -0.662. The minimum Gasteiger partial charge on any atom is -0.461 e. The fourth-order valence-corrected chi connectivity index (χ4v) is 3.58. The van der Waals surface area contributed by atoms with Gasteiger partial charge in [-0.2, -0.15) is 0 Å². The van der Waals surface area contributed by atoms with Crippen molar-refractivity contribution in [1.29, 1.82) is 0 Å². The molecular formula is C30H40N2O7. The van der Waals surface area contributed by atoms with Gasteiger partial charge >= 0.3 is 18.0 Å². The van der Waals surface area contributed by atoms with Gasteiger partial charge in [0.05, 0.1) is 0 Å². The van der Waals surface area contributed by atoms with Gasteiger partial charge in [0, 0.05) is 6.42 Å². The molecule has 39 heavy (non-hydrogen) atoms. The molecule has 2 aromatic carbocycles. The van der Waals surface area contributed by atoms with Crippen LogP contribution in [0.25, 0.3) is 0 Å². The summed E-state index contributed by atoms with van der Waals surface area (Å²) in [5.74, 6) is -1.66. The first-order valence-electron chi connectivity index (χ1n) is 13.1. The molecule has 0 saturated heterocycles. The lowest BCUT2D eigenvalue weighted by atomic mass is 10.0. The first-order chi connectivity index (χ1) is 18.4. The summed E-state index contributed by atoms with van der Waals surface area (Å²) in [5.41, 5.74) is 0.859. The molecule has 0 radical (unpaired) electrons. The molecule has 9 heteroatoms. The van der Waals surface area contributed by atoms with Crippen molar-refractivity contribution >= 4 is 23.9 Å². The second-order valence-electron chi connectivity index (χ2n) is 10.7. The Hall–Kier alpha value is -3.88. The lowest BCUT2D eigenvalue weighted by Crippen LogP contribution is -2.53. The van der Waals surface area contributed by atoms with Crippen molar-refractivity contribution in [3.05, 3.63) is 71.8 Å². The predicted molar refractivity (Wildman–Crippen MR) is 146 cm³/mol. The number of hydrogen-bond donors (Lipinski definition) is 2. The Labute approximate surface area is 230 Å². The number of esters is 2. The van der Waals surface area contributed by atoms with E-state index >= 15 is 0 Å². The molecule has 0 aliphatic heterocycles. The van der Waals surface area contributed by atoms with Gasteiger partial charge in [-0.3, -0.25) is 9.59 Å². The summed E-state index contributed by atoms with van der Waals surface area (Å²) in [7, 11) is 0. The minimum atomic E-state index is -1.14. The van der Waals surface area contributed by atoms with Gasteiger partial charge in [0.2, 0.25) is 5.91 Å². The van der Waals surface area contributed by atoms with Crippen LogP contribution in [0.4, 0.5) is 4.79 Å². The molecule has 0 saturated carbocycles. The predicted octanol–water partition coefficient (Wildman–Crippen LogP) is 4.68. The van der Waals surface area contributed by atoms with E-state index in [-0.39, 0.29) is 32.0 Å². The normalized spacial score (nSPS) is 12.7. The van der Waals surface area contributed by atoms with Gasteiger partial charge in [0.25, 0.3) is 0 Å². The Morgan fingerprint density at radius 2 is 1.31 bits per heavy atom. The molecule has 2 amide bonds. The van der Waals surface area contributed by atoms with E-state index in [9.17, 15) is 19.2 Å². The highest BCUT2D eigenvalue weighted by Crippen LogP contribution is 2.12. The SMILES string of the molecule is CC(C)C[C@@H](NC(=O)[C@H](CCC(=O)OCc1ccccc1)NC(=O)OC(C)(C)C)C(=O)OCc1ccccc1. The van der Waals surface area contributed by atoms with Crippen LogP contribution < -0.4 is 10.6 Å². The summed E-state index contributed by atoms with van der Waals surface area (Å²) in [4.78, 5) is 51.0. The third-order valence-corrected chi connectivity index (χ3v) is 5.42. The summed E-state index contributed by atoms with van der Waals surface area (Å²) in [6, 6.07) is 16.3. The molecule has 0 heterocycles. The maximum atomic E-state index is 13.3. The van der Waals surface area contributed by atoms with Crippen molar-refractivity contribution < 1.29 is 33.4 Å². The van der Waals surface area contributed by atoms with Gasteiger partial charge in [-0.05, 0) is 50.7 Å². The van der Waals surface area contributed by atoms with Gasteiger partial charge in [0.1, 0.15) is 30.9 Å². The molecular weight excluding hydrogens is 500 g/mol. The molecule has 2 aromatic rings. The van der Waals surface area contributed by atoms with E-state index in [1.54, 1.807) is 20.8 Å². The van der Waals surface area contributed by atoms with Gasteiger partial charge in [-0.25, -0.2) is 9.59 Å². The van der Waals surface area contributed by atoms with Gasteiger partial charge in [-0.15, -0.1) is 0 Å². The second-order valence-corrected chi connectivity index (χ2v) is 10.7. The fraction of sp³-hybridized carbons (Fsp3) is 0.467. The first-order valence-corrected chi connectivity index (χ1v) is 13.1. The molecule has 2 atom stereocenters. The third kappa shape index (κ3) is 13.0. The summed E-state index contributed by atoms with van der Waals surface area (Å²) in [5, 5.41) is 5.22. The number of amides is 2. The maximum absolute atomic E-state index is 13.3. The van der Waals surface area contributed by atoms with E-state index < -0.39 is 41.6 Å². The fourth-order valence-electron chi connectivity index (χ4n) is 3.58. The Balaban J connectivity index is 2.05. The van der Waals surface area contributed by atoms with Crippen LogP contribution in [0.15, 0.2) is 60.7 Å². The van der Waals surface area contributed by atoms with Crippen LogP contribution in [0.5, 0.6) is 0 Å². The van der Waals surface area contributed by atoms with E-state index in [4.69, 9.17) is 14.2 Å². The van der Waals surface area contributed by atoms with Crippen molar-refractivity contribution in [2.45, 2.75) is 84.8 Å². The van der Waals surface area contributed by atoms with Crippen LogP contribution in [-0.4, -0.2) is 41.6 Å². The van der Waals surface area contributed by atoms with E-state index in [0.29, 0.717) is 6.42 Å². The van der Waals surface area contributed by atoms with E-state index in [2.05, 4.69) is 10.6 Å². The van der Waals surface area contributed by atoms with Crippen molar-refractivity contribution in [2.75, 3.05) is 0 Å². The van der Waals surface area contributed by atoms with Crippen LogP contribution in [0.2, 0.25) is 0 Å². The highest BCUT2D eigenvalue weighted by atomic mass is 16.6. The standard InChI is InChI=1S/C30H40N2O7/c1-21(2)18-25(28(35)38-20-23-14-10-7-11-15-23)31-27(34)24(32-29(36)39-30(3,4)5)16-17-26(33)37-19-22-12-8-6-9-13-22/h6-15,21,24-25H,16-20H2,1-5H3,(H,31,34)(H,32,36)/t24-,25+/m0/s1. The minimum absolute atomic E-state index is 0.0494. The Morgan fingerprint density at radius 3 is 1.82 bits per heavy atom. The quantitative estimate of drug-likeness (QED) is 0.280. The van der Waals surface area contributed by atoms with Crippen molar-refractivity contribution in [2.24, 2.45) is 5.92 Å². The smallest absolute Gasteiger partial charge is 0.408 e. The average molecular weight is 541 g/mol. The Bertz CT molecular complexity index is 1070. The Morgan fingerprint density at radius 1 is 0.769 bits per heavy atom. The highest BCUT2D eigenvalue weighted by molar-refractivity contribution is 5.90. The van der Waals surface area contributed by atoms with Crippen molar-refractivity contribution in [3.63, 3.8) is 0 Å². The van der Waals surface area contributed by atoms with Crippen LogP contribution in [0.1, 0.15) is 65.0 Å². The average Bonchev–Trinajstić information content (AvgIpc) is 2.87. The van der Waals surface area contributed by atoms with Crippen LogP contribution in [0, 0.1) is 5.92 Å². The van der Waals surface area contributed by atoms with Crippen LogP contribution in [-0.2, 0) is 41.8 Å². The lowest BCUT2D eigenvalue weighted by Gasteiger charge is -2.25. The molecule has 0 aromatic heterocycles. The number of rotatable bonds is 13. The van der Waals surface area contributed by atoms with E-state index in [1.807, 2.05) is 74.5 Å². The molecule has 2 rings (SSSR count). The third-order valence-electron chi connectivity index (χ3n) is 5.42. The summed E-state index contributed by atoms with van der Waals surface area (Å²) >= 11 is 0. The molecule has 0 fully saturated rings. The largest absolute Gasteiger partial charge is 0.461 e. The number of carbonyl (C=O) groups is 4. The zero-order chi connectivity index (χ0) is 28.8. The number of benzene rings is 2. The van der Waals surface area contributed by atoms with Crippen molar-refractivity contribution in [1.82, 2.24) is 10.6 Å². The van der Waals surface area contributed by atoms with Gasteiger partial charge in [-0.1, -0.05) is 74.5 Å². The number of carbonyl (C=O) groups excluding carboxylic acids is 4.